The largest absolute Gasteiger partial charge is 0.424 e. The SMILES string of the molecule is CO[C@@H]1C[C@H](c2nnc(C)o2)N(CC(=O)N(C)C2CCCCC2)C1. The molecular weight excluding hydrogens is 308 g/mol. The van der Waals surface area contributed by atoms with E-state index < -0.39 is 0 Å². The predicted octanol–water partition coefficient (Wildman–Crippen LogP) is 1.93. The monoisotopic (exact) mass is 336 g/mol. The van der Waals surface area contributed by atoms with Crippen molar-refractivity contribution in [3.05, 3.63) is 11.8 Å². The summed E-state index contributed by atoms with van der Waals surface area (Å²) in [4.78, 5) is 16.8. The Morgan fingerprint density at radius 3 is 2.71 bits per heavy atom. The number of likely N-dealkylation sites (tertiary alicyclic amines) is 1. The summed E-state index contributed by atoms with van der Waals surface area (Å²) in [6, 6.07) is 0.344. The molecule has 0 bridgehead atoms. The fraction of sp³-hybridized carbons (Fsp3) is 0.824. The van der Waals surface area contributed by atoms with Crippen LogP contribution < -0.4 is 0 Å². The highest BCUT2D eigenvalue weighted by Gasteiger charge is 2.38. The van der Waals surface area contributed by atoms with Gasteiger partial charge in [0.05, 0.1) is 18.7 Å². The van der Waals surface area contributed by atoms with Crippen LogP contribution in [0.4, 0.5) is 0 Å². The van der Waals surface area contributed by atoms with Crippen LogP contribution in [0.1, 0.15) is 56.3 Å². The zero-order chi connectivity index (χ0) is 17.1. The molecule has 24 heavy (non-hydrogen) atoms. The van der Waals surface area contributed by atoms with Gasteiger partial charge in [-0.25, -0.2) is 0 Å². The summed E-state index contributed by atoms with van der Waals surface area (Å²) < 4.78 is 11.1. The molecule has 0 aromatic carbocycles. The molecule has 1 aliphatic carbocycles. The lowest BCUT2D eigenvalue weighted by Crippen LogP contribution is -2.44. The van der Waals surface area contributed by atoms with Gasteiger partial charge in [-0.15, -0.1) is 10.2 Å². The molecule has 2 fully saturated rings. The minimum atomic E-state index is -0.0418. The molecule has 1 saturated heterocycles. The second kappa shape index (κ2) is 7.61. The van der Waals surface area contributed by atoms with Crippen molar-refractivity contribution in [2.45, 2.75) is 63.6 Å². The van der Waals surface area contributed by atoms with Crippen LogP contribution >= 0.6 is 0 Å². The fourth-order valence-corrected chi connectivity index (χ4v) is 3.87. The number of likely N-dealkylation sites (N-methyl/N-ethyl adjacent to an activating group) is 1. The molecule has 134 valence electrons. The van der Waals surface area contributed by atoms with Crippen molar-refractivity contribution in [1.29, 1.82) is 0 Å². The van der Waals surface area contributed by atoms with E-state index in [9.17, 15) is 4.79 Å². The molecule has 2 heterocycles. The number of carbonyl (C=O) groups excluding carboxylic acids is 1. The number of rotatable bonds is 5. The van der Waals surface area contributed by atoms with Crippen molar-refractivity contribution in [3.63, 3.8) is 0 Å². The standard InChI is InChI=1S/C17H28N4O3/c1-12-18-19-17(24-12)15-9-14(23-3)10-21(15)11-16(22)20(2)13-7-5-4-6-8-13/h13-15H,4-11H2,1-3H3/t14-,15-/m1/s1. The number of nitrogens with zero attached hydrogens (tertiary/aromatic N) is 4. The predicted molar refractivity (Wildman–Crippen MR) is 88.4 cm³/mol. The summed E-state index contributed by atoms with van der Waals surface area (Å²) in [5.74, 6) is 1.30. The Morgan fingerprint density at radius 2 is 2.08 bits per heavy atom. The van der Waals surface area contributed by atoms with Gasteiger partial charge in [-0.05, 0) is 19.3 Å². The maximum absolute atomic E-state index is 12.8. The topological polar surface area (TPSA) is 71.7 Å². The zero-order valence-electron chi connectivity index (χ0n) is 14.9. The Balaban J connectivity index is 1.65. The van der Waals surface area contributed by atoms with Gasteiger partial charge in [-0.3, -0.25) is 9.69 Å². The Kier molecular flexibility index (Phi) is 5.50. The van der Waals surface area contributed by atoms with E-state index in [0.717, 1.165) is 19.3 Å². The van der Waals surface area contributed by atoms with Crippen LogP contribution in [0, 0.1) is 6.92 Å². The average molecular weight is 336 g/mol. The van der Waals surface area contributed by atoms with Gasteiger partial charge in [0.1, 0.15) is 0 Å². The number of hydrogen-bond donors (Lipinski definition) is 0. The van der Waals surface area contributed by atoms with E-state index in [2.05, 4.69) is 15.1 Å². The summed E-state index contributed by atoms with van der Waals surface area (Å²) in [6.07, 6.45) is 6.85. The molecule has 0 spiro atoms. The third-order valence-corrected chi connectivity index (χ3v) is 5.38. The number of methoxy groups -OCH3 is 1. The molecular formula is C17H28N4O3. The number of amides is 1. The third kappa shape index (κ3) is 3.78. The first kappa shape index (κ1) is 17.4. The fourth-order valence-electron chi connectivity index (χ4n) is 3.87. The van der Waals surface area contributed by atoms with Crippen molar-refractivity contribution in [1.82, 2.24) is 20.0 Å². The third-order valence-electron chi connectivity index (χ3n) is 5.38. The second-order valence-corrected chi connectivity index (χ2v) is 6.99. The van der Waals surface area contributed by atoms with Gasteiger partial charge in [0, 0.05) is 33.7 Å². The van der Waals surface area contributed by atoms with Crippen LogP contribution in [0.3, 0.4) is 0 Å². The Labute approximate surface area is 143 Å². The maximum Gasteiger partial charge on any atom is 0.236 e. The summed E-state index contributed by atoms with van der Waals surface area (Å²) in [5.41, 5.74) is 0. The summed E-state index contributed by atoms with van der Waals surface area (Å²) in [7, 11) is 3.65. The molecule has 1 amide bonds. The molecule has 0 unspecified atom stereocenters. The number of carbonyl (C=O) groups is 1. The molecule has 1 aliphatic heterocycles. The first-order valence-electron chi connectivity index (χ1n) is 8.91. The minimum Gasteiger partial charge on any atom is -0.424 e. The van der Waals surface area contributed by atoms with Crippen molar-refractivity contribution in [3.8, 4) is 0 Å². The normalized spacial score (nSPS) is 26.0. The van der Waals surface area contributed by atoms with E-state index in [0.29, 0.717) is 30.9 Å². The number of aryl methyl sites for hydroxylation is 1. The molecule has 1 aromatic heterocycles. The highest BCUT2D eigenvalue weighted by Crippen LogP contribution is 2.32. The van der Waals surface area contributed by atoms with E-state index >= 15 is 0 Å². The molecule has 7 heteroatoms. The molecule has 2 aliphatic rings. The first-order chi connectivity index (χ1) is 11.6. The number of hydrogen-bond acceptors (Lipinski definition) is 6. The smallest absolute Gasteiger partial charge is 0.236 e. The van der Waals surface area contributed by atoms with Crippen LogP contribution in [0.25, 0.3) is 0 Å². The first-order valence-corrected chi connectivity index (χ1v) is 8.91. The molecule has 3 rings (SSSR count). The lowest BCUT2D eigenvalue weighted by atomic mass is 9.94. The van der Waals surface area contributed by atoms with E-state index in [1.54, 1.807) is 14.0 Å². The van der Waals surface area contributed by atoms with E-state index in [1.165, 1.54) is 19.3 Å². The quantitative estimate of drug-likeness (QED) is 0.818. The van der Waals surface area contributed by atoms with Gasteiger partial charge in [-0.1, -0.05) is 19.3 Å². The van der Waals surface area contributed by atoms with Gasteiger partial charge in [-0.2, -0.15) is 0 Å². The van der Waals surface area contributed by atoms with Crippen LogP contribution in [-0.4, -0.2) is 65.3 Å². The molecule has 0 radical (unpaired) electrons. The summed E-state index contributed by atoms with van der Waals surface area (Å²) >= 11 is 0. The van der Waals surface area contributed by atoms with E-state index in [1.807, 2.05) is 11.9 Å². The lowest BCUT2D eigenvalue weighted by molar-refractivity contribution is -0.134. The molecule has 0 N–H and O–H groups in total. The Hall–Kier alpha value is -1.47. The number of aromatic nitrogens is 2. The highest BCUT2D eigenvalue weighted by molar-refractivity contribution is 5.78. The van der Waals surface area contributed by atoms with Gasteiger partial charge in [0.2, 0.25) is 17.7 Å². The Bertz CT molecular complexity index is 556. The van der Waals surface area contributed by atoms with Gasteiger partial charge in [0.15, 0.2) is 0 Å². The van der Waals surface area contributed by atoms with Crippen molar-refractivity contribution in [2.24, 2.45) is 0 Å². The molecule has 1 aromatic rings. The van der Waals surface area contributed by atoms with Crippen LogP contribution in [0.15, 0.2) is 4.42 Å². The van der Waals surface area contributed by atoms with Crippen LogP contribution in [0.2, 0.25) is 0 Å². The molecule has 7 nitrogen and oxygen atoms in total. The highest BCUT2D eigenvalue weighted by atomic mass is 16.5. The zero-order valence-corrected chi connectivity index (χ0v) is 14.9. The van der Waals surface area contributed by atoms with Crippen LogP contribution in [-0.2, 0) is 9.53 Å². The number of ether oxygens (including phenoxy) is 1. The van der Waals surface area contributed by atoms with Crippen molar-refractivity contribution in [2.75, 3.05) is 27.2 Å². The average Bonchev–Trinajstić information content (AvgIpc) is 3.20. The summed E-state index contributed by atoms with van der Waals surface area (Å²) in [5, 5.41) is 8.07. The Morgan fingerprint density at radius 1 is 1.33 bits per heavy atom. The maximum atomic E-state index is 12.8. The molecule has 2 atom stereocenters. The molecule has 1 saturated carbocycles. The van der Waals surface area contributed by atoms with Crippen molar-refractivity contribution >= 4 is 5.91 Å². The van der Waals surface area contributed by atoms with Gasteiger partial charge in [0.25, 0.3) is 0 Å². The minimum absolute atomic E-state index is 0.0418. The van der Waals surface area contributed by atoms with Crippen LogP contribution in [0.5, 0.6) is 0 Å². The van der Waals surface area contributed by atoms with Gasteiger partial charge >= 0.3 is 0 Å². The van der Waals surface area contributed by atoms with E-state index in [4.69, 9.17) is 9.15 Å². The van der Waals surface area contributed by atoms with Gasteiger partial charge < -0.3 is 14.1 Å². The summed E-state index contributed by atoms with van der Waals surface area (Å²) in [6.45, 7) is 2.87. The lowest BCUT2D eigenvalue weighted by Gasteiger charge is -2.33. The van der Waals surface area contributed by atoms with Crippen molar-refractivity contribution < 1.29 is 13.9 Å². The van der Waals surface area contributed by atoms with E-state index in [-0.39, 0.29) is 18.1 Å². The second-order valence-electron chi connectivity index (χ2n) is 6.99.